The van der Waals surface area contributed by atoms with E-state index >= 15 is 0 Å². The van der Waals surface area contributed by atoms with Crippen molar-refractivity contribution in [2.24, 2.45) is 0 Å². The van der Waals surface area contributed by atoms with E-state index in [1.54, 1.807) is 12.1 Å². The fourth-order valence-corrected chi connectivity index (χ4v) is 3.43. The standard InChI is InChI=1S/C18H19Cl2FN2/c19-15-5-4-6-17(21)14(15)12-22-13-7-8-18(16(20)11-13)23-9-2-1-3-10-23/h4-8,11,22H,1-3,9-10,12H2. The summed E-state index contributed by atoms with van der Waals surface area (Å²) >= 11 is 12.5. The van der Waals surface area contributed by atoms with Crippen molar-refractivity contribution in [2.75, 3.05) is 23.3 Å². The number of rotatable bonds is 4. The van der Waals surface area contributed by atoms with Crippen molar-refractivity contribution in [3.63, 3.8) is 0 Å². The van der Waals surface area contributed by atoms with E-state index in [0.717, 1.165) is 29.5 Å². The lowest BCUT2D eigenvalue weighted by Gasteiger charge is -2.29. The van der Waals surface area contributed by atoms with Crippen LogP contribution < -0.4 is 10.2 Å². The van der Waals surface area contributed by atoms with Gasteiger partial charge in [-0.05, 0) is 49.6 Å². The molecule has 1 fully saturated rings. The molecule has 5 heteroatoms. The lowest BCUT2D eigenvalue weighted by Crippen LogP contribution is -2.29. The molecule has 0 aliphatic carbocycles. The fraction of sp³-hybridized carbons (Fsp3) is 0.333. The lowest BCUT2D eigenvalue weighted by atomic mass is 10.1. The summed E-state index contributed by atoms with van der Waals surface area (Å²) in [5.74, 6) is -0.305. The molecular formula is C18H19Cl2FN2. The van der Waals surface area contributed by atoms with Crippen molar-refractivity contribution in [2.45, 2.75) is 25.8 Å². The SMILES string of the molecule is Fc1cccc(Cl)c1CNc1ccc(N2CCCCC2)c(Cl)c1. The van der Waals surface area contributed by atoms with Crippen molar-refractivity contribution in [1.29, 1.82) is 0 Å². The van der Waals surface area contributed by atoms with Crippen LogP contribution in [-0.4, -0.2) is 13.1 Å². The Balaban J connectivity index is 1.70. The first-order valence-electron chi connectivity index (χ1n) is 7.86. The molecule has 122 valence electrons. The Labute approximate surface area is 146 Å². The molecule has 0 amide bonds. The van der Waals surface area contributed by atoms with Crippen LogP contribution in [0.15, 0.2) is 36.4 Å². The van der Waals surface area contributed by atoms with Gasteiger partial charge in [-0.15, -0.1) is 0 Å². The lowest BCUT2D eigenvalue weighted by molar-refractivity contribution is 0.578. The largest absolute Gasteiger partial charge is 0.381 e. The molecule has 0 spiro atoms. The Hall–Kier alpha value is -1.45. The van der Waals surface area contributed by atoms with Crippen LogP contribution in [0.25, 0.3) is 0 Å². The van der Waals surface area contributed by atoms with E-state index in [0.29, 0.717) is 17.1 Å². The second-order valence-corrected chi connectivity index (χ2v) is 6.58. The Morgan fingerprint density at radius 1 is 1.00 bits per heavy atom. The van der Waals surface area contributed by atoms with Gasteiger partial charge in [0, 0.05) is 35.9 Å². The van der Waals surface area contributed by atoms with Crippen LogP contribution in [0.5, 0.6) is 0 Å². The molecule has 1 aliphatic rings. The topological polar surface area (TPSA) is 15.3 Å². The number of nitrogens with zero attached hydrogens (tertiary/aromatic N) is 1. The molecule has 23 heavy (non-hydrogen) atoms. The summed E-state index contributed by atoms with van der Waals surface area (Å²) in [5.41, 5.74) is 2.39. The van der Waals surface area contributed by atoms with Crippen LogP contribution in [0.4, 0.5) is 15.8 Å². The highest BCUT2D eigenvalue weighted by atomic mass is 35.5. The van der Waals surface area contributed by atoms with Crippen molar-refractivity contribution in [1.82, 2.24) is 0 Å². The van der Waals surface area contributed by atoms with E-state index in [1.807, 2.05) is 18.2 Å². The van der Waals surface area contributed by atoms with E-state index in [4.69, 9.17) is 23.2 Å². The number of halogens is 3. The normalized spacial score (nSPS) is 14.8. The predicted molar refractivity (Wildman–Crippen MR) is 96.3 cm³/mol. The van der Waals surface area contributed by atoms with Crippen LogP contribution in [0, 0.1) is 5.82 Å². The van der Waals surface area contributed by atoms with Crippen LogP contribution in [-0.2, 0) is 6.54 Å². The van der Waals surface area contributed by atoms with Crippen LogP contribution in [0.3, 0.4) is 0 Å². The maximum Gasteiger partial charge on any atom is 0.129 e. The average molecular weight is 353 g/mol. The first-order valence-corrected chi connectivity index (χ1v) is 8.62. The van der Waals surface area contributed by atoms with Crippen LogP contribution in [0.1, 0.15) is 24.8 Å². The van der Waals surface area contributed by atoms with E-state index < -0.39 is 0 Å². The quantitative estimate of drug-likeness (QED) is 0.755. The summed E-state index contributed by atoms with van der Waals surface area (Å²) in [6, 6.07) is 10.6. The summed E-state index contributed by atoms with van der Waals surface area (Å²) in [5, 5.41) is 4.33. The first kappa shape index (κ1) is 16.4. The minimum Gasteiger partial charge on any atom is -0.381 e. The van der Waals surface area contributed by atoms with Crippen molar-refractivity contribution < 1.29 is 4.39 Å². The minimum absolute atomic E-state index is 0.305. The zero-order valence-corrected chi connectivity index (χ0v) is 14.3. The van der Waals surface area contributed by atoms with E-state index in [2.05, 4.69) is 10.2 Å². The number of nitrogens with one attached hydrogen (secondary N) is 1. The van der Waals surface area contributed by atoms with Gasteiger partial charge in [-0.1, -0.05) is 29.3 Å². The summed E-state index contributed by atoms with van der Waals surface area (Å²) in [6.45, 7) is 2.43. The molecule has 3 rings (SSSR count). The molecular weight excluding hydrogens is 334 g/mol. The molecule has 0 atom stereocenters. The molecule has 1 N–H and O–H groups in total. The molecule has 0 saturated carbocycles. The Morgan fingerprint density at radius 3 is 2.48 bits per heavy atom. The number of piperidine rings is 1. The van der Waals surface area contributed by atoms with Gasteiger partial charge in [0.15, 0.2) is 0 Å². The molecule has 0 aromatic heterocycles. The van der Waals surface area contributed by atoms with Crippen molar-refractivity contribution in [3.8, 4) is 0 Å². The monoisotopic (exact) mass is 352 g/mol. The third-order valence-electron chi connectivity index (χ3n) is 4.18. The van der Waals surface area contributed by atoms with E-state index in [9.17, 15) is 4.39 Å². The average Bonchev–Trinajstić information content (AvgIpc) is 2.55. The van der Waals surface area contributed by atoms with Crippen LogP contribution >= 0.6 is 23.2 Å². The van der Waals surface area contributed by atoms with Gasteiger partial charge in [-0.2, -0.15) is 0 Å². The molecule has 2 aromatic carbocycles. The first-order chi connectivity index (χ1) is 11.1. The van der Waals surface area contributed by atoms with Crippen molar-refractivity contribution >= 4 is 34.6 Å². The molecule has 1 aliphatic heterocycles. The zero-order valence-electron chi connectivity index (χ0n) is 12.8. The van der Waals surface area contributed by atoms with Crippen LogP contribution in [0.2, 0.25) is 10.0 Å². The summed E-state index contributed by atoms with van der Waals surface area (Å²) in [6.07, 6.45) is 3.71. The van der Waals surface area contributed by atoms with Gasteiger partial charge in [0.2, 0.25) is 0 Å². The maximum atomic E-state index is 13.8. The maximum absolute atomic E-state index is 13.8. The van der Waals surface area contributed by atoms with Gasteiger partial charge >= 0.3 is 0 Å². The van der Waals surface area contributed by atoms with Gasteiger partial charge in [-0.25, -0.2) is 4.39 Å². The molecule has 0 radical (unpaired) electrons. The second-order valence-electron chi connectivity index (χ2n) is 5.77. The second kappa shape index (κ2) is 7.41. The summed E-state index contributed by atoms with van der Waals surface area (Å²) in [4.78, 5) is 2.32. The Morgan fingerprint density at radius 2 is 1.78 bits per heavy atom. The highest BCUT2D eigenvalue weighted by Gasteiger charge is 2.14. The molecule has 0 bridgehead atoms. The van der Waals surface area contributed by atoms with Gasteiger partial charge in [0.05, 0.1) is 10.7 Å². The number of benzene rings is 2. The Kier molecular flexibility index (Phi) is 5.29. The predicted octanol–water partition coefficient (Wildman–Crippen LogP) is 5.73. The molecule has 2 aromatic rings. The highest BCUT2D eigenvalue weighted by molar-refractivity contribution is 6.33. The minimum atomic E-state index is -0.305. The third-order valence-corrected chi connectivity index (χ3v) is 4.83. The number of hydrogen-bond donors (Lipinski definition) is 1. The Bertz CT molecular complexity index is 664. The number of anilines is 2. The third kappa shape index (κ3) is 3.91. The molecule has 2 nitrogen and oxygen atoms in total. The zero-order chi connectivity index (χ0) is 16.2. The number of hydrogen-bond acceptors (Lipinski definition) is 2. The van der Waals surface area contributed by atoms with E-state index in [-0.39, 0.29) is 5.82 Å². The van der Waals surface area contributed by atoms with E-state index in [1.165, 1.54) is 25.3 Å². The van der Waals surface area contributed by atoms with Gasteiger partial charge in [0.1, 0.15) is 5.82 Å². The van der Waals surface area contributed by atoms with Crippen molar-refractivity contribution in [3.05, 3.63) is 57.8 Å². The smallest absolute Gasteiger partial charge is 0.129 e. The molecule has 1 heterocycles. The summed E-state index contributed by atoms with van der Waals surface area (Å²) < 4.78 is 13.8. The highest BCUT2D eigenvalue weighted by Crippen LogP contribution is 2.31. The fourth-order valence-electron chi connectivity index (χ4n) is 2.90. The van der Waals surface area contributed by atoms with Gasteiger partial charge in [-0.3, -0.25) is 0 Å². The van der Waals surface area contributed by atoms with Gasteiger partial charge in [0.25, 0.3) is 0 Å². The summed E-state index contributed by atoms with van der Waals surface area (Å²) in [7, 11) is 0. The van der Waals surface area contributed by atoms with Gasteiger partial charge < -0.3 is 10.2 Å². The molecule has 0 unspecified atom stereocenters. The molecule has 1 saturated heterocycles.